The van der Waals surface area contributed by atoms with Gasteiger partial charge in [0.15, 0.2) is 9.84 Å². The summed E-state index contributed by atoms with van der Waals surface area (Å²) in [5.74, 6) is 2.08. The van der Waals surface area contributed by atoms with Crippen molar-refractivity contribution in [3.63, 3.8) is 0 Å². The Kier molecular flexibility index (Phi) is 6.01. The van der Waals surface area contributed by atoms with Crippen LogP contribution in [0, 0.1) is 0 Å². The lowest BCUT2D eigenvalue weighted by atomic mass is 10.1. The lowest BCUT2D eigenvalue weighted by molar-refractivity contribution is 0.102. The fourth-order valence-electron chi connectivity index (χ4n) is 2.82. The summed E-state index contributed by atoms with van der Waals surface area (Å²) in [6, 6.07) is 13.8. The Morgan fingerprint density at radius 1 is 1.12 bits per heavy atom. The molecule has 1 aliphatic rings. The Morgan fingerprint density at radius 2 is 1.81 bits per heavy atom. The van der Waals surface area contributed by atoms with Crippen LogP contribution in [0.1, 0.15) is 15.9 Å². The van der Waals surface area contributed by atoms with Crippen molar-refractivity contribution in [3.05, 3.63) is 59.7 Å². The summed E-state index contributed by atoms with van der Waals surface area (Å²) in [4.78, 5) is 15.0. The van der Waals surface area contributed by atoms with Gasteiger partial charge in [0.05, 0.1) is 4.90 Å². The van der Waals surface area contributed by atoms with Crippen molar-refractivity contribution in [1.29, 1.82) is 0 Å². The van der Waals surface area contributed by atoms with Crippen molar-refractivity contribution < 1.29 is 13.2 Å². The van der Waals surface area contributed by atoms with Crippen LogP contribution in [0.25, 0.3) is 0 Å². The molecule has 2 aromatic carbocycles. The normalized spacial score (nSPS) is 15.6. The molecular formula is C19H22N2O3S2. The molecule has 5 nitrogen and oxygen atoms in total. The molecule has 1 amide bonds. The zero-order valence-corrected chi connectivity index (χ0v) is 16.3. The van der Waals surface area contributed by atoms with Gasteiger partial charge in [-0.15, -0.1) is 0 Å². The molecule has 0 bridgehead atoms. The highest BCUT2D eigenvalue weighted by Gasteiger charge is 2.12. The van der Waals surface area contributed by atoms with Gasteiger partial charge in [-0.05, 0) is 42.0 Å². The minimum Gasteiger partial charge on any atom is -0.322 e. The lowest BCUT2D eigenvalue weighted by Gasteiger charge is -2.26. The van der Waals surface area contributed by atoms with E-state index in [9.17, 15) is 13.2 Å². The largest absolute Gasteiger partial charge is 0.322 e. The number of amides is 1. The molecule has 0 spiro atoms. The van der Waals surface area contributed by atoms with Crippen LogP contribution in [0.2, 0.25) is 0 Å². The number of nitrogens with one attached hydrogen (secondary N) is 1. The first-order valence-corrected chi connectivity index (χ1v) is 11.5. The first-order chi connectivity index (χ1) is 12.4. The van der Waals surface area contributed by atoms with Gasteiger partial charge in [0, 0.05) is 48.6 Å². The van der Waals surface area contributed by atoms with Crippen molar-refractivity contribution in [3.8, 4) is 0 Å². The molecule has 0 saturated carbocycles. The maximum Gasteiger partial charge on any atom is 0.255 e. The summed E-state index contributed by atoms with van der Waals surface area (Å²) in [5.41, 5.74) is 2.34. The maximum absolute atomic E-state index is 12.4. The predicted molar refractivity (Wildman–Crippen MR) is 107 cm³/mol. The molecule has 26 heavy (non-hydrogen) atoms. The highest BCUT2D eigenvalue weighted by Crippen LogP contribution is 2.17. The molecule has 1 heterocycles. The van der Waals surface area contributed by atoms with Gasteiger partial charge in [0.2, 0.25) is 0 Å². The second-order valence-electron chi connectivity index (χ2n) is 6.34. The first kappa shape index (κ1) is 18.9. The summed E-state index contributed by atoms with van der Waals surface area (Å²) in [6.07, 6.45) is 1.15. The summed E-state index contributed by atoms with van der Waals surface area (Å²) in [7, 11) is -3.26. The molecule has 0 radical (unpaired) electrons. The van der Waals surface area contributed by atoms with Gasteiger partial charge in [0.1, 0.15) is 0 Å². The number of nitrogens with zero attached hydrogens (tertiary/aromatic N) is 1. The van der Waals surface area contributed by atoms with E-state index in [-0.39, 0.29) is 10.8 Å². The molecule has 0 atom stereocenters. The average molecular weight is 391 g/mol. The Balaban J connectivity index is 1.66. The number of anilines is 1. The molecule has 2 aromatic rings. The Hall–Kier alpha value is -1.83. The monoisotopic (exact) mass is 390 g/mol. The maximum atomic E-state index is 12.4. The lowest BCUT2D eigenvalue weighted by Crippen LogP contribution is -2.31. The van der Waals surface area contributed by atoms with Gasteiger partial charge in [-0.25, -0.2) is 8.42 Å². The molecular weight excluding hydrogens is 368 g/mol. The van der Waals surface area contributed by atoms with Gasteiger partial charge in [-0.3, -0.25) is 9.69 Å². The number of hydrogen-bond donors (Lipinski definition) is 1. The second-order valence-corrected chi connectivity index (χ2v) is 9.58. The topological polar surface area (TPSA) is 66.5 Å². The number of carbonyl (C=O) groups excluding carboxylic acids is 1. The Bertz CT molecular complexity index is 874. The third-order valence-electron chi connectivity index (χ3n) is 4.24. The van der Waals surface area contributed by atoms with Crippen LogP contribution in [-0.2, 0) is 16.4 Å². The fraction of sp³-hybridized carbons (Fsp3) is 0.316. The molecule has 3 rings (SSSR count). The van der Waals surface area contributed by atoms with Crippen LogP contribution in [0.5, 0.6) is 0 Å². The van der Waals surface area contributed by atoms with Crippen molar-refractivity contribution in [2.75, 3.05) is 36.2 Å². The fourth-order valence-corrected chi connectivity index (χ4v) is 4.43. The first-order valence-electron chi connectivity index (χ1n) is 8.42. The van der Waals surface area contributed by atoms with E-state index in [1.165, 1.54) is 41.3 Å². The van der Waals surface area contributed by atoms with Gasteiger partial charge in [-0.2, -0.15) is 11.8 Å². The number of hydrogen-bond acceptors (Lipinski definition) is 5. The number of thioether (sulfide) groups is 1. The predicted octanol–water partition coefficient (Wildman–Crippen LogP) is 2.89. The van der Waals surface area contributed by atoms with Gasteiger partial charge in [-0.1, -0.05) is 12.1 Å². The molecule has 1 saturated heterocycles. The van der Waals surface area contributed by atoms with Crippen LogP contribution in [0.15, 0.2) is 53.4 Å². The Labute approximate surface area is 158 Å². The third kappa shape index (κ3) is 5.09. The summed E-state index contributed by atoms with van der Waals surface area (Å²) in [6.45, 7) is 3.06. The van der Waals surface area contributed by atoms with Gasteiger partial charge in [0.25, 0.3) is 5.91 Å². The molecule has 1 aliphatic heterocycles. The van der Waals surface area contributed by atoms with Crippen molar-refractivity contribution in [2.24, 2.45) is 0 Å². The molecule has 0 unspecified atom stereocenters. The van der Waals surface area contributed by atoms with Crippen LogP contribution in [0.4, 0.5) is 5.69 Å². The minimum atomic E-state index is -3.26. The van der Waals surface area contributed by atoms with Crippen LogP contribution >= 0.6 is 11.8 Å². The van der Waals surface area contributed by atoms with Gasteiger partial charge < -0.3 is 5.32 Å². The molecule has 0 aromatic heterocycles. The van der Waals surface area contributed by atoms with Crippen molar-refractivity contribution in [1.82, 2.24) is 4.90 Å². The van der Waals surface area contributed by atoms with E-state index in [2.05, 4.69) is 16.3 Å². The highest BCUT2D eigenvalue weighted by atomic mass is 32.2. The average Bonchev–Trinajstić information content (AvgIpc) is 2.62. The number of carbonyl (C=O) groups is 1. The second kappa shape index (κ2) is 8.24. The van der Waals surface area contributed by atoms with E-state index in [1.54, 1.807) is 0 Å². The van der Waals surface area contributed by atoms with Crippen LogP contribution < -0.4 is 5.32 Å². The smallest absolute Gasteiger partial charge is 0.255 e. The Morgan fingerprint density at radius 3 is 2.46 bits per heavy atom. The molecule has 0 aliphatic carbocycles. The van der Waals surface area contributed by atoms with E-state index in [0.29, 0.717) is 5.56 Å². The molecule has 7 heteroatoms. The molecule has 1 N–H and O–H groups in total. The van der Waals surface area contributed by atoms with E-state index in [1.807, 2.05) is 30.0 Å². The van der Waals surface area contributed by atoms with Crippen LogP contribution in [0.3, 0.4) is 0 Å². The third-order valence-corrected chi connectivity index (χ3v) is 6.31. The highest BCUT2D eigenvalue weighted by molar-refractivity contribution is 7.99. The van der Waals surface area contributed by atoms with Gasteiger partial charge >= 0.3 is 0 Å². The zero-order valence-electron chi connectivity index (χ0n) is 14.6. The van der Waals surface area contributed by atoms with Crippen molar-refractivity contribution in [2.45, 2.75) is 11.4 Å². The van der Waals surface area contributed by atoms with E-state index in [4.69, 9.17) is 0 Å². The number of rotatable bonds is 5. The number of benzene rings is 2. The van der Waals surface area contributed by atoms with E-state index < -0.39 is 9.84 Å². The van der Waals surface area contributed by atoms with E-state index in [0.717, 1.165) is 31.6 Å². The van der Waals surface area contributed by atoms with E-state index >= 15 is 0 Å². The molecule has 138 valence electrons. The summed E-state index contributed by atoms with van der Waals surface area (Å²) in [5, 5.41) is 2.88. The summed E-state index contributed by atoms with van der Waals surface area (Å²) >= 11 is 1.98. The minimum absolute atomic E-state index is 0.204. The zero-order chi connectivity index (χ0) is 18.6. The molecule has 1 fully saturated rings. The summed E-state index contributed by atoms with van der Waals surface area (Å²) < 4.78 is 23.0. The quantitative estimate of drug-likeness (QED) is 0.850. The van der Waals surface area contributed by atoms with Crippen molar-refractivity contribution >= 4 is 33.2 Å². The SMILES string of the molecule is CS(=O)(=O)c1ccc(C(=O)Nc2cccc(CN3CCSCC3)c2)cc1. The number of sulfone groups is 1. The standard InChI is InChI=1S/C19H22N2O3S2/c1-26(23,24)18-7-5-16(6-8-18)19(22)20-17-4-2-3-15(13-17)14-21-9-11-25-12-10-21/h2-8,13H,9-12,14H2,1H3,(H,20,22). The van der Waals surface area contributed by atoms with Crippen LogP contribution in [-0.4, -0.2) is 50.1 Å².